The maximum Gasteiger partial charge on any atom is 0.0105 e. The summed E-state index contributed by atoms with van der Waals surface area (Å²) in [4.78, 5) is 7.60. The molecule has 0 aromatic heterocycles. The minimum absolute atomic E-state index is 0.792. The second-order valence-corrected chi connectivity index (χ2v) is 11.4. The summed E-state index contributed by atoms with van der Waals surface area (Å²) in [6.45, 7) is 26.9. The van der Waals surface area contributed by atoms with E-state index in [4.69, 9.17) is 17.2 Å². The Labute approximate surface area is 254 Å². The van der Waals surface area contributed by atoms with E-state index in [0.29, 0.717) is 0 Å². The fraction of sp³-hybridized carbons (Fsp3) is 1.00. The highest BCUT2D eigenvalue weighted by Crippen LogP contribution is 2.06. The van der Waals surface area contributed by atoms with Gasteiger partial charge in [0.15, 0.2) is 0 Å². The number of hydrogen-bond acceptors (Lipinski definition) is 6. The molecule has 0 saturated carbocycles. The van der Waals surface area contributed by atoms with Crippen molar-refractivity contribution in [1.82, 2.24) is 14.7 Å². The van der Waals surface area contributed by atoms with E-state index in [0.717, 1.165) is 39.0 Å². The lowest BCUT2D eigenvalue weighted by Crippen LogP contribution is -2.30. The number of hydrogen-bond donors (Lipinski definition) is 3. The standard InChI is InChI=1S/C15H34N2.C11H26N2.C8H20N2/c1-3-5-7-9-13-17(15-11-12-16)14-10-8-6-4-2;1-3-5-9-13(10-6-4-2)11-7-8-12;1-3-6-10(7-4-2)8-5-9/h3-16H2,1-2H3;3-12H2,1-2H3;3-9H2,1-2H3. The molecule has 6 N–H and O–H groups in total. The van der Waals surface area contributed by atoms with Crippen molar-refractivity contribution >= 4 is 0 Å². The predicted octanol–water partition coefficient (Wildman–Crippen LogP) is 7.10. The molecular formula is C34H80N6. The summed E-state index contributed by atoms with van der Waals surface area (Å²) >= 11 is 0. The molecule has 0 fully saturated rings. The molecule has 6 nitrogen and oxygen atoms in total. The number of nitrogens with two attached hydrogens (primary N) is 3. The summed E-state index contributed by atoms with van der Waals surface area (Å²) in [5.41, 5.74) is 16.6. The highest BCUT2D eigenvalue weighted by atomic mass is 15.1. The van der Waals surface area contributed by atoms with Crippen LogP contribution in [0.1, 0.15) is 144 Å². The zero-order chi connectivity index (χ0) is 30.5. The Balaban J connectivity index is -0.000000533. The molecule has 0 aliphatic heterocycles. The van der Waals surface area contributed by atoms with Crippen LogP contribution in [0.25, 0.3) is 0 Å². The Morgan fingerprint density at radius 2 is 0.600 bits per heavy atom. The van der Waals surface area contributed by atoms with Crippen LogP contribution in [0.4, 0.5) is 0 Å². The lowest BCUT2D eigenvalue weighted by molar-refractivity contribution is 0.259. The van der Waals surface area contributed by atoms with Crippen molar-refractivity contribution in [3.8, 4) is 0 Å². The molecule has 0 rings (SSSR count). The van der Waals surface area contributed by atoms with Gasteiger partial charge >= 0.3 is 0 Å². The van der Waals surface area contributed by atoms with Crippen LogP contribution in [0.5, 0.6) is 0 Å². The molecule has 6 heteroatoms. The quantitative estimate of drug-likeness (QED) is 0.0867. The largest absolute Gasteiger partial charge is 0.330 e. The van der Waals surface area contributed by atoms with Crippen molar-refractivity contribution in [3.63, 3.8) is 0 Å². The van der Waals surface area contributed by atoms with Gasteiger partial charge < -0.3 is 31.9 Å². The zero-order valence-corrected chi connectivity index (χ0v) is 28.9. The van der Waals surface area contributed by atoms with Crippen molar-refractivity contribution in [2.24, 2.45) is 17.2 Å². The second-order valence-electron chi connectivity index (χ2n) is 11.4. The van der Waals surface area contributed by atoms with Gasteiger partial charge in [-0.2, -0.15) is 0 Å². The van der Waals surface area contributed by atoms with Crippen LogP contribution in [0.2, 0.25) is 0 Å². The molecule has 0 bridgehead atoms. The van der Waals surface area contributed by atoms with E-state index in [9.17, 15) is 0 Å². The Morgan fingerprint density at radius 1 is 0.275 bits per heavy atom. The molecule has 0 radical (unpaired) electrons. The Kier molecular flexibility index (Phi) is 45.2. The van der Waals surface area contributed by atoms with Gasteiger partial charge in [0.2, 0.25) is 0 Å². The molecular weight excluding hydrogens is 492 g/mol. The topological polar surface area (TPSA) is 87.8 Å². The monoisotopic (exact) mass is 573 g/mol. The fourth-order valence-electron chi connectivity index (χ4n) is 4.74. The molecule has 0 heterocycles. The van der Waals surface area contributed by atoms with Gasteiger partial charge in [0.1, 0.15) is 0 Å². The van der Waals surface area contributed by atoms with Crippen LogP contribution >= 0.6 is 0 Å². The molecule has 0 aliphatic carbocycles. The SMILES string of the molecule is CCCCCCN(CCCN)CCCCCC.CCCCN(CCCC)CCCN.CCCN(CCC)CCN. The molecule has 0 unspecified atom stereocenters. The molecule has 0 amide bonds. The highest BCUT2D eigenvalue weighted by Gasteiger charge is 2.04. The molecule has 0 spiro atoms. The second kappa shape index (κ2) is 40.9. The third-order valence-electron chi connectivity index (χ3n) is 7.19. The average Bonchev–Trinajstić information content (AvgIpc) is 2.96. The average molecular weight is 573 g/mol. The van der Waals surface area contributed by atoms with Gasteiger partial charge in [0, 0.05) is 13.1 Å². The summed E-state index contributed by atoms with van der Waals surface area (Å²) in [6.07, 6.45) is 21.0. The van der Waals surface area contributed by atoms with Crippen molar-refractivity contribution in [2.45, 2.75) is 144 Å². The van der Waals surface area contributed by atoms with Crippen LogP contribution in [0.3, 0.4) is 0 Å². The first kappa shape index (κ1) is 44.2. The summed E-state index contributed by atoms with van der Waals surface area (Å²) in [5, 5.41) is 0. The van der Waals surface area contributed by atoms with Crippen LogP contribution in [0.15, 0.2) is 0 Å². The van der Waals surface area contributed by atoms with Crippen LogP contribution in [0, 0.1) is 0 Å². The van der Waals surface area contributed by atoms with Gasteiger partial charge in [0.25, 0.3) is 0 Å². The maximum absolute atomic E-state index is 5.60. The van der Waals surface area contributed by atoms with Gasteiger partial charge in [0.05, 0.1) is 0 Å². The van der Waals surface area contributed by atoms with E-state index in [1.54, 1.807) is 0 Å². The van der Waals surface area contributed by atoms with E-state index >= 15 is 0 Å². The van der Waals surface area contributed by atoms with Gasteiger partial charge in [-0.25, -0.2) is 0 Å². The van der Waals surface area contributed by atoms with Crippen LogP contribution in [-0.4, -0.2) is 93.2 Å². The number of rotatable bonds is 28. The molecule has 0 atom stereocenters. The molecule has 40 heavy (non-hydrogen) atoms. The summed E-state index contributed by atoms with van der Waals surface area (Å²) in [5.74, 6) is 0. The van der Waals surface area contributed by atoms with Gasteiger partial charge in [-0.3, -0.25) is 0 Å². The minimum Gasteiger partial charge on any atom is -0.330 e. The normalized spacial score (nSPS) is 11.1. The van der Waals surface area contributed by atoms with Crippen LogP contribution < -0.4 is 17.2 Å². The summed E-state index contributed by atoms with van der Waals surface area (Å²) < 4.78 is 0. The van der Waals surface area contributed by atoms with E-state index in [1.807, 2.05) is 0 Å². The van der Waals surface area contributed by atoms with Crippen molar-refractivity contribution in [2.75, 3.05) is 78.5 Å². The Morgan fingerprint density at radius 3 is 0.900 bits per heavy atom. The number of nitrogens with zero attached hydrogens (tertiary/aromatic N) is 3. The lowest BCUT2D eigenvalue weighted by atomic mass is 10.1. The van der Waals surface area contributed by atoms with E-state index in [-0.39, 0.29) is 0 Å². The molecule has 0 aliphatic rings. The highest BCUT2D eigenvalue weighted by molar-refractivity contribution is 4.60. The predicted molar refractivity (Wildman–Crippen MR) is 184 cm³/mol. The van der Waals surface area contributed by atoms with E-state index < -0.39 is 0 Å². The smallest absolute Gasteiger partial charge is 0.0105 e. The first-order valence-corrected chi connectivity index (χ1v) is 17.8. The fourth-order valence-corrected chi connectivity index (χ4v) is 4.74. The maximum atomic E-state index is 5.60. The zero-order valence-electron chi connectivity index (χ0n) is 28.9. The summed E-state index contributed by atoms with van der Waals surface area (Å²) in [7, 11) is 0. The molecule has 0 aromatic carbocycles. The summed E-state index contributed by atoms with van der Waals surface area (Å²) in [6, 6.07) is 0. The van der Waals surface area contributed by atoms with E-state index in [1.165, 1.54) is 142 Å². The molecule has 0 saturated heterocycles. The molecule has 0 aromatic rings. The van der Waals surface area contributed by atoms with E-state index in [2.05, 4.69) is 56.2 Å². The van der Waals surface area contributed by atoms with Crippen molar-refractivity contribution in [1.29, 1.82) is 0 Å². The lowest BCUT2D eigenvalue weighted by Gasteiger charge is -2.22. The third kappa shape index (κ3) is 37.8. The van der Waals surface area contributed by atoms with Crippen molar-refractivity contribution < 1.29 is 0 Å². The van der Waals surface area contributed by atoms with Gasteiger partial charge in [-0.05, 0) is 117 Å². The number of unbranched alkanes of at least 4 members (excludes halogenated alkanes) is 8. The minimum atomic E-state index is 0.792. The van der Waals surface area contributed by atoms with Crippen LogP contribution in [-0.2, 0) is 0 Å². The third-order valence-corrected chi connectivity index (χ3v) is 7.19. The molecule has 246 valence electrons. The Bertz CT molecular complexity index is 365. The first-order chi connectivity index (χ1) is 19.5. The van der Waals surface area contributed by atoms with Gasteiger partial charge in [-0.15, -0.1) is 0 Å². The first-order valence-electron chi connectivity index (χ1n) is 17.8. The Hall–Kier alpha value is -0.240. The van der Waals surface area contributed by atoms with Gasteiger partial charge in [-0.1, -0.05) is 92.9 Å². The van der Waals surface area contributed by atoms with Crippen molar-refractivity contribution in [3.05, 3.63) is 0 Å².